The fourth-order valence-electron chi connectivity index (χ4n) is 1.87. The van der Waals surface area contributed by atoms with Crippen LogP contribution in [0.3, 0.4) is 0 Å². The predicted molar refractivity (Wildman–Crippen MR) is 66.1 cm³/mol. The van der Waals surface area contributed by atoms with Gasteiger partial charge in [0.25, 0.3) is 0 Å². The van der Waals surface area contributed by atoms with Crippen LogP contribution < -0.4 is 0 Å². The van der Waals surface area contributed by atoms with Gasteiger partial charge in [-0.1, -0.05) is 0 Å². The Bertz CT molecular complexity index is 622. The molecule has 2 heterocycles. The SMILES string of the molecule is O=C(O[C@@H]1CCOC1=O)c1ccc(-n2cncn2)cc1. The zero-order valence-corrected chi connectivity index (χ0v) is 10.4. The molecule has 7 heteroatoms. The molecule has 0 spiro atoms. The lowest BCUT2D eigenvalue weighted by Gasteiger charge is -2.08. The molecule has 1 aromatic carbocycles. The van der Waals surface area contributed by atoms with Gasteiger partial charge in [-0.05, 0) is 24.3 Å². The Morgan fingerprint density at radius 3 is 2.75 bits per heavy atom. The van der Waals surface area contributed by atoms with Crippen LogP contribution in [0.2, 0.25) is 0 Å². The number of ether oxygens (including phenoxy) is 2. The lowest BCUT2D eigenvalue weighted by molar-refractivity contribution is -0.145. The second-order valence-electron chi connectivity index (χ2n) is 4.24. The van der Waals surface area contributed by atoms with Gasteiger partial charge in [0.1, 0.15) is 12.7 Å². The number of rotatable bonds is 3. The normalized spacial score (nSPS) is 17.8. The van der Waals surface area contributed by atoms with Crippen LogP contribution in [-0.2, 0) is 14.3 Å². The maximum absolute atomic E-state index is 11.9. The quantitative estimate of drug-likeness (QED) is 0.767. The monoisotopic (exact) mass is 273 g/mol. The lowest BCUT2D eigenvalue weighted by atomic mass is 10.2. The molecular weight excluding hydrogens is 262 g/mol. The molecule has 1 aliphatic rings. The average Bonchev–Trinajstić information content (AvgIpc) is 3.12. The molecule has 1 atom stereocenters. The number of benzene rings is 1. The van der Waals surface area contributed by atoms with Crippen molar-refractivity contribution >= 4 is 11.9 Å². The third-order valence-electron chi connectivity index (χ3n) is 2.92. The fourth-order valence-corrected chi connectivity index (χ4v) is 1.87. The fraction of sp³-hybridized carbons (Fsp3) is 0.231. The molecule has 3 rings (SSSR count). The van der Waals surface area contributed by atoms with E-state index < -0.39 is 18.0 Å². The summed E-state index contributed by atoms with van der Waals surface area (Å²) in [5.41, 5.74) is 1.15. The molecule has 0 unspecified atom stereocenters. The first-order chi connectivity index (χ1) is 9.74. The topological polar surface area (TPSA) is 83.3 Å². The van der Waals surface area contributed by atoms with E-state index in [4.69, 9.17) is 9.47 Å². The molecular formula is C13H11N3O4. The van der Waals surface area contributed by atoms with Crippen molar-refractivity contribution in [3.8, 4) is 5.69 Å². The Morgan fingerprint density at radius 2 is 2.15 bits per heavy atom. The number of carbonyl (C=O) groups excluding carboxylic acids is 2. The second kappa shape index (κ2) is 5.12. The Labute approximate surface area is 114 Å². The van der Waals surface area contributed by atoms with Gasteiger partial charge in [0.05, 0.1) is 17.9 Å². The average molecular weight is 273 g/mol. The lowest BCUT2D eigenvalue weighted by Crippen LogP contribution is -2.22. The van der Waals surface area contributed by atoms with Gasteiger partial charge in [0.2, 0.25) is 6.10 Å². The molecule has 0 amide bonds. The van der Waals surface area contributed by atoms with Crippen LogP contribution in [0, 0.1) is 0 Å². The van der Waals surface area contributed by atoms with Crippen molar-refractivity contribution in [3.05, 3.63) is 42.5 Å². The van der Waals surface area contributed by atoms with Gasteiger partial charge in [0, 0.05) is 6.42 Å². The van der Waals surface area contributed by atoms with Crippen LogP contribution in [0.15, 0.2) is 36.9 Å². The van der Waals surface area contributed by atoms with Crippen molar-refractivity contribution in [2.24, 2.45) is 0 Å². The van der Waals surface area contributed by atoms with Crippen LogP contribution in [0.5, 0.6) is 0 Å². The van der Waals surface area contributed by atoms with E-state index in [9.17, 15) is 9.59 Å². The summed E-state index contributed by atoms with van der Waals surface area (Å²) in [5.74, 6) is -1.03. The van der Waals surface area contributed by atoms with Crippen molar-refractivity contribution in [2.75, 3.05) is 6.61 Å². The minimum absolute atomic E-state index is 0.294. The van der Waals surface area contributed by atoms with E-state index >= 15 is 0 Å². The number of hydrogen-bond donors (Lipinski definition) is 0. The van der Waals surface area contributed by atoms with Gasteiger partial charge in [-0.15, -0.1) is 0 Å². The van der Waals surface area contributed by atoms with Crippen LogP contribution >= 0.6 is 0 Å². The molecule has 1 fully saturated rings. The summed E-state index contributed by atoms with van der Waals surface area (Å²) in [5, 5.41) is 3.98. The van der Waals surface area contributed by atoms with Gasteiger partial charge in [-0.25, -0.2) is 19.3 Å². The van der Waals surface area contributed by atoms with Crippen molar-refractivity contribution in [2.45, 2.75) is 12.5 Å². The molecule has 0 saturated carbocycles. The zero-order chi connectivity index (χ0) is 13.9. The molecule has 1 aromatic heterocycles. The predicted octanol–water partition coefficient (Wildman–Crippen LogP) is 0.740. The van der Waals surface area contributed by atoms with Crippen LogP contribution in [0.1, 0.15) is 16.8 Å². The maximum atomic E-state index is 11.9. The van der Waals surface area contributed by atoms with E-state index in [1.54, 1.807) is 35.3 Å². The Hall–Kier alpha value is -2.70. The number of cyclic esters (lactones) is 1. The summed E-state index contributed by atoms with van der Waals surface area (Å²) in [6, 6.07) is 6.66. The summed E-state index contributed by atoms with van der Waals surface area (Å²) in [4.78, 5) is 27.0. The summed E-state index contributed by atoms with van der Waals surface area (Å²) in [7, 11) is 0. The Balaban J connectivity index is 1.71. The van der Waals surface area contributed by atoms with Gasteiger partial charge < -0.3 is 9.47 Å². The van der Waals surface area contributed by atoms with Gasteiger partial charge in [-0.2, -0.15) is 5.10 Å². The van der Waals surface area contributed by atoms with Crippen LogP contribution in [0.4, 0.5) is 0 Å². The van der Waals surface area contributed by atoms with E-state index in [0.29, 0.717) is 18.6 Å². The molecule has 0 radical (unpaired) electrons. The van der Waals surface area contributed by atoms with Crippen molar-refractivity contribution < 1.29 is 19.1 Å². The first-order valence-electron chi connectivity index (χ1n) is 6.07. The molecule has 0 aliphatic carbocycles. The summed E-state index contributed by atoms with van der Waals surface area (Å²) >= 11 is 0. The third kappa shape index (κ3) is 2.37. The molecule has 0 bridgehead atoms. The first-order valence-corrected chi connectivity index (χ1v) is 6.07. The minimum Gasteiger partial charge on any atom is -0.463 e. The first kappa shape index (κ1) is 12.3. The van der Waals surface area contributed by atoms with Crippen molar-refractivity contribution in [3.63, 3.8) is 0 Å². The second-order valence-corrected chi connectivity index (χ2v) is 4.24. The summed E-state index contributed by atoms with van der Waals surface area (Å²) in [6.45, 7) is 0.294. The Morgan fingerprint density at radius 1 is 1.35 bits per heavy atom. The van der Waals surface area contributed by atoms with Crippen LogP contribution in [-0.4, -0.2) is 39.4 Å². The molecule has 2 aromatic rings. The van der Waals surface area contributed by atoms with E-state index in [1.165, 1.54) is 6.33 Å². The van der Waals surface area contributed by atoms with Crippen molar-refractivity contribution in [1.29, 1.82) is 0 Å². The summed E-state index contributed by atoms with van der Waals surface area (Å²) < 4.78 is 11.4. The summed E-state index contributed by atoms with van der Waals surface area (Å²) in [6.07, 6.45) is 2.59. The number of carbonyl (C=O) groups is 2. The van der Waals surface area contributed by atoms with Crippen LogP contribution in [0.25, 0.3) is 5.69 Å². The number of esters is 2. The zero-order valence-electron chi connectivity index (χ0n) is 10.4. The number of aromatic nitrogens is 3. The molecule has 0 N–H and O–H groups in total. The molecule has 1 saturated heterocycles. The highest BCUT2D eigenvalue weighted by Crippen LogP contribution is 2.14. The highest BCUT2D eigenvalue weighted by Gasteiger charge is 2.30. The van der Waals surface area contributed by atoms with Gasteiger partial charge >= 0.3 is 11.9 Å². The number of hydrogen-bond acceptors (Lipinski definition) is 6. The smallest absolute Gasteiger partial charge is 0.347 e. The minimum atomic E-state index is -0.794. The van der Waals surface area contributed by atoms with E-state index in [1.807, 2.05) is 0 Å². The van der Waals surface area contributed by atoms with E-state index in [-0.39, 0.29) is 0 Å². The maximum Gasteiger partial charge on any atom is 0.347 e. The highest BCUT2D eigenvalue weighted by molar-refractivity contribution is 5.91. The molecule has 20 heavy (non-hydrogen) atoms. The highest BCUT2D eigenvalue weighted by atomic mass is 16.6. The van der Waals surface area contributed by atoms with Gasteiger partial charge in [0.15, 0.2) is 0 Å². The standard InChI is InChI=1S/C13H11N3O4/c17-12(20-11-5-6-19-13(11)18)9-1-3-10(4-2-9)16-8-14-7-15-16/h1-4,7-8,11H,5-6H2/t11-/m1/s1. The molecule has 102 valence electrons. The Kier molecular flexibility index (Phi) is 3.16. The van der Waals surface area contributed by atoms with Gasteiger partial charge in [-0.3, -0.25) is 0 Å². The third-order valence-corrected chi connectivity index (χ3v) is 2.92. The van der Waals surface area contributed by atoms with E-state index in [0.717, 1.165) is 5.69 Å². The van der Waals surface area contributed by atoms with E-state index in [2.05, 4.69) is 10.1 Å². The molecule has 7 nitrogen and oxygen atoms in total. The molecule has 1 aliphatic heterocycles. The largest absolute Gasteiger partial charge is 0.463 e. The number of nitrogens with zero attached hydrogens (tertiary/aromatic N) is 3. The van der Waals surface area contributed by atoms with Crippen molar-refractivity contribution in [1.82, 2.24) is 14.8 Å².